The second-order valence-electron chi connectivity index (χ2n) is 7.36. The molecule has 0 saturated heterocycles. The largest absolute Gasteiger partial charge is 0.465 e. The number of hydrogen-bond acceptors (Lipinski definition) is 6. The van der Waals surface area contributed by atoms with Gasteiger partial charge in [-0.05, 0) is 35.4 Å². The Balaban J connectivity index is 1.68. The first-order valence-corrected chi connectivity index (χ1v) is 11.2. The highest BCUT2D eigenvalue weighted by atomic mass is 35.5. The summed E-state index contributed by atoms with van der Waals surface area (Å²) in [5.41, 5.74) is 2.21. The van der Waals surface area contributed by atoms with E-state index >= 15 is 0 Å². The summed E-state index contributed by atoms with van der Waals surface area (Å²) in [6.07, 6.45) is 0.122. The van der Waals surface area contributed by atoms with Crippen LogP contribution in [0.1, 0.15) is 39.4 Å². The summed E-state index contributed by atoms with van der Waals surface area (Å²) < 4.78 is 6.46. The van der Waals surface area contributed by atoms with Crippen molar-refractivity contribution in [2.45, 2.75) is 23.2 Å². The molecule has 2 heterocycles. The zero-order valence-corrected chi connectivity index (χ0v) is 19.0. The van der Waals surface area contributed by atoms with E-state index in [4.69, 9.17) is 16.3 Å². The number of rotatable bonds is 5. The fourth-order valence-electron chi connectivity index (χ4n) is 3.69. The Morgan fingerprint density at radius 3 is 2.69 bits per heavy atom. The summed E-state index contributed by atoms with van der Waals surface area (Å²) in [6, 6.07) is 14.2. The highest BCUT2D eigenvalue weighted by Crippen LogP contribution is 2.36. The van der Waals surface area contributed by atoms with E-state index in [1.165, 1.54) is 18.9 Å². The Labute approximate surface area is 193 Å². The van der Waals surface area contributed by atoms with Gasteiger partial charge < -0.3 is 14.6 Å². The molecule has 9 heteroatoms. The van der Waals surface area contributed by atoms with Crippen LogP contribution >= 0.6 is 23.4 Å². The quantitative estimate of drug-likeness (QED) is 0.345. The average molecular weight is 470 g/mol. The minimum atomic E-state index is -0.455. The van der Waals surface area contributed by atoms with E-state index in [-0.39, 0.29) is 17.9 Å². The fraction of sp³-hybridized carbons (Fsp3) is 0.217. The van der Waals surface area contributed by atoms with Crippen molar-refractivity contribution < 1.29 is 14.3 Å². The smallest absolute Gasteiger partial charge is 0.337 e. The van der Waals surface area contributed by atoms with Crippen LogP contribution in [-0.2, 0) is 22.3 Å². The lowest BCUT2D eigenvalue weighted by Gasteiger charge is -2.27. The molecule has 0 fully saturated rings. The van der Waals surface area contributed by atoms with Crippen molar-refractivity contribution >= 4 is 41.1 Å². The number of aromatic nitrogens is 2. The SMILES string of the molecule is COC(=O)c1ccc(C2CC(=O)Nc3c2c(=O)nc(SCc2cccc(Cl)c2)n3C)cc1. The number of ether oxygens (including phenoxy) is 1. The van der Waals surface area contributed by atoms with Gasteiger partial charge in [0.05, 0.1) is 18.2 Å². The molecule has 0 spiro atoms. The molecule has 1 amide bonds. The van der Waals surface area contributed by atoms with Crippen LogP contribution in [0, 0.1) is 0 Å². The molecule has 32 heavy (non-hydrogen) atoms. The minimum absolute atomic E-state index is 0.122. The van der Waals surface area contributed by atoms with Crippen LogP contribution in [0.4, 0.5) is 5.82 Å². The van der Waals surface area contributed by atoms with E-state index in [0.29, 0.717) is 32.9 Å². The van der Waals surface area contributed by atoms with Gasteiger partial charge in [0.15, 0.2) is 5.16 Å². The Kier molecular flexibility index (Phi) is 6.34. The Morgan fingerprint density at radius 1 is 1.25 bits per heavy atom. The van der Waals surface area contributed by atoms with Crippen molar-refractivity contribution in [3.8, 4) is 0 Å². The molecule has 4 rings (SSSR count). The van der Waals surface area contributed by atoms with Crippen molar-refractivity contribution in [1.29, 1.82) is 0 Å². The first kappa shape index (κ1) is 22.1. The third kappa shape index (κ3) is 4.42. The lowest BCUT2D eigenvalue weighted by molar-refractivity contribution is -0.116. The molecule has 7 nitrogen and oxygen atoms in total. The van der Waals surface area contributed by atoms with Gasteiger partial charge in [0, 0.05) is 30.2 Å². The topological polar surface area (TPSA) is 90.3 Å². The first-order valence-electron chi connectivity index (χ1n) is 9.83. The van der Waals surface area contributed by atoms with Crippen molar-refractivity contribution in [1.82, 2.24) is 9.55 Å². The van der Waals surface area contributed by atoms with E-state index in [2.05, 4.69) is 10.3 Å². The molecule has 0 saturated carbocycles. The highest BCUT2D eigenvalue weighted by molar-refractivity contribution is 7.98. The molecule has 0 bridgehead atoms. The van der Waals surface area contributed by atoms with Gasteiger partial charge in [0.1, 0.15) is 5.82 Å². The van der Waals surface area contributed by atoms with Crippen molar-refractivity contribution in [2.24, 2.45) is 7.05 Å². The van der Waals surface area contributed by atoms with E-state index in [0.717, 1.165) is 11.1 Å². The van der Waals surface area contributed by atoms with Crippen LogP contribution in [-0.4, -0.2) is 28.5 Å². The summed E-state index contributed by atoms with van der Waals surface area (Å²) in [6.45, 7) is 0. The number of fused-ring (bicyclic) bond motifs is 1. The number of halogens is 1. The number of anilines is 1. The van der Waals surface area contributed by atoms with Gasteiger partial charge in [0.2, 0.25) is 5.91 Å². The van der Waals surface area contributed by atoms with Gasteiger partial charge in [-0.2, -0.15) is 4.98 Å². The molecule has 1 unspecified atom stereocenters. The number of nitrogens with zero attached hydrogens (tertiary/aromatic N) is 2. The number of nitrogens with one attached hydrogen (secondary N) is 1. The predicted molar refractivity (Wildman–Crippen MR) is 123 cm³/mol. The Morgan fingerprint density at radius 2 is 2.00 bits per heavy atom. The molecule has 1 N–H and O–H groups in total. The van der Waals surface area contributed by atoms with Gasteiger partial charge in [-0.25, -0.2) is 4.79 Å². The lowest BCUT2D eigenvalue weighted by Crippen LogP contribution is -2.33. The molecule has 0 radical (unpaired) electrons. The van der Waals surface area contributed by atoms with Crippen LogP contribution in [0.3, 0.4) is 0 Å². The van der Waals surface area contributed by atoms with Gasteiger partial charge in [-0.3, -0.25) is 9.59 Å². The maximum Gasteiger partial charge on any atom is 0.337 e. The third-order valence-corrected chi connectivity index (χ3v) is 6.63. The summed E-state index contributed by atoms with van der Waals surface area (Å²) >= 11 is 7.44. The number of benzene rings is 2. The van der Waals surface area contributed by atoms with E-state index in [1.807, 2.05) is 18.2 Å². The third-order valence-electron chi connectivity index (χ3n) is 5.29. The molecule has 1 aromatic heterocycles. The van der Waals surface area contributed by atoms with Crippen LogP contribution < -0.4 is 10.9 Å². The molecular weight excluding hydrogens is 450 g/mol. The molecule has 3 aromatic rings. The second-order valence-corrected chi connectivity index (χ2v) is 8.74. The van der Waals surface area contributed by atoms with Gasteiger partial charge in [-0.1, -0.05) is 47.6 Å². The maximum absolute atomic E-state index is 13.0. The first-order chi connectivity index (χ1) is 15.4. The molecule has 2 aromatic carbocycles. The monoisotopic (exact) mass is 469 g/mol. The maximum atomic E-state index is 13.0. The van der Waals surface area contributed by atoms with E-state index in [9.17, 15) is 14.4 Å². The number of hydrogen-bond donors (Lipinski definition) is 1. The van der Waals surface area contributed by atoms with Gasteiger partial charge in [-0.15, -0.1) is 0 Å². The van der Waals surface area contributed by atoms with Crippen molar-refractivity contribution in [2.75, 3.05) is 12.4 Å². The van der Waals surface area contributed by atoms with E-state index in [1.54, 1.807) is 41.9 Å². The van der Waals surface area contributed by atoms with Crippen LogP contribution in [0.5, 0.6) is 0 Å². The predicted octanol–water partition coefficient (Wildman–Crippen LogP) is 3.99. The second kappa shape index (κ2) is 9.18. The van der Waals surface area contributed by atoms with Crippen LogP contribution in [0.15, 0.2) is 58.5 Å². The molecule has 1 aliphatic rings. The van der Waals surface area contributed by atoms with Crippen molar-refractivity contribution in [3.05, 3.63) is 86.2 Å². The lowest BCUT2D eigenvalue weighted by atomic mass is 9.86. The summed E-state index contributed by atoms with van der Waals surface area (Å²) in [7, 11) is 3.09. The van der Waals surface area contributed by atoms with Crippen molar-refractivity contribution in [3.63, 3.8) is 0 Å². The van der Waals surface area contributed by atoms with Gasteiger partial charge >= 0.3 is 5.97 Å². The molecule has 1 aliphatic heterocycles. The summed E-state index contributed by atoms with van der Waals surface area (Å²) in [5.74, 6) is -0.0734. The molecule has 1 atom stereocenters. The normalized spacial score (nSPS) is 15.1. The number of carbonyl (C=O) groups is 2. The highest BCUT2D eigenvalue weighted by Gasteiger charge is 2.32. The fourth-order valence-corrected chi connectivity index (χ4v) is 4.81. The number of thioether (sulfide) groups is 1. The van der Waals surface area contributed by atoms with Crippen LogP contribution in [0.2, 0.25) is 5.02 Å². The minimum Gasteiger partial charge on any atom is -0.465 e. The molecular formula is C23H20ClN3O4S. The standard InChI is InChI=1S/C23H20ClN3O4S/c1-27-20-19(21(29)26-23(27)32-12-13-4-3-5-16(24)10-13)17(11-18(28)25-20)14-6-8-15(9-7-14)22(30)31-2/h3-10,17H,11-12H2,1-2H3,(H,25,28). The Bertz CT molecular complexity index is 1260. The Hall–Kier alpha value is -3.10. The molecule has 164 valence electrons. The van der Waals surface area contributed by atoms with Gasteiger partial charge in [0.25, 0.3) is 5.56 Å². The average Bonchev–Trinajstić information content (AvgIpc) is 2.79. The summed E-state index contributed by atoms with van der Waals surface area (Å²) in [5, 5.41) is 3.97. The number of methoxy groups -OCH3 is 1. The number of carbonyl (C=O) groups excluding carboxylic acids is 2. The zero-order valence-electron chi connectivity index (χ0n) is 17.4. The van der Waals surface area contributed by atoms with E-state index < -0.39 is 11.9 Å². The summed E-state index contributed by atoms with van der Waals surface area (Å²) in [4.78, 5) is 41.5. The number of amides is 1. The number of esters is 1. The van der Waals surface area contributed by atoms with Crippen LogP contribution in [0.25, 0.3) is 0 Å². The molecule has 0 aliphatic carbocycles. The zero-order chi connectivity index (χ0) is 22.8.